The highest BCUT2D eigenvalue weighted by molar-refractivity contribution is 7.20. The minimum atomic E-state index is -0.705. The first kappa shape index (κ1) is 17.2. The SMILES string of the molecule is Cc1c(C(=O)N(C)Cc2ccc(F)cc2F)sc2ncn(C)c(=O)c12. The van der Waals surface area contributed by atoms with Crippen molar-refractivity contribution in [3.8, 4) is 0 Å². The second-order valence-electron chi connectivity index (χ2n) is 5.79. The molecule has 0 N–H and O–H groups in total. The van der Waals surface area contributed by atoms with Crippen molar-refractivity contribution in [3.63, 3.8) is 0 Å². The van der Waals surface area contributed by atoms with Gasteiger partial charge in [0.2, 0.25) is 0 Å². The molecular formula is C17H15F2N3O2S. The van der Waals surface area contributed by atoms with Crippen molar-refractivity contribution in [2.24, 2.45) is 7.05 Å². The number of aryl methyl sites for hydroxylation is 2. The number of carbonyl (C=O) groups excluding carboxylic acids is 1. The van der Waals surface area contributed by atoms with Gasteiger partial charge in [-0.15, -0.1) is 11.3 Å². The minimum Gasteiger partial charge on any atom is -0.337 e. The lowest BCUT2D eigenvalue weighted by Gasteiger charge is -2.17. The Morgan fingerprint density at radius 2 is 2.08 bits per heavy atom. The maximum atomic E-state index is 13.8. The Balaban J connectivity index is 1.95. The number of aromatic nitrogens is 2. The van der Waals surface area contributed by atoms with Crippen molar-refractivity contribution < 1.29 is 13.6 Å². The number of thiophene rings is 1. The Morgan fingerprint density at radius 1 is 1.36 bits per heavy atom. The minimum absolute atomic E-state index is 0.00985. The summed E-state index contributed by atoms with van der Waals surface area (Å²) >= 11 is 1.13. The van der Waals surface area contributed by atoms with E-state index in [4.69, 9.17) is 0 Å². The molecule has 3 rings (SSSR count). The molecule has 8 heteroatoms. The fourth-order valence-electron chi connectivity index (χ4n) is 2.56. The van der Waals surface area contributed by atoms with Gasteiger partial charge >= 0.3 is 0 Å². The summed E-state index contributed by atoms with van der Waals surface area (Å²) in [4.78, 5) is 31.3. The van der Waals surface area contributed by atoms with E-state index in [-0.39, 0.29) is 23.6 Å². The van der Waals surface area contributed by atoms with Gasteiger partial charge in [0.1, 0.15) is 16.5 Å². The Hall–Kier alpha value is -2.61. The van der Waals surface area contributed by atoms with Gasteiger partial charge < -0.3 is 9.47 Å². The molecule has 0 radical (unpaired) electrons. The summed E-state index contributed by atoms with van der Waals surface area (Å²) in [5.74, 6) is -1.72. The topological polar surface area (TPSA) is 55.2 Å². The molecule has 0 aliphatic heterocycles. The fourth-order valence-corrected chi connectivity index (χ4v) is 3.70. The largest absolute Gasteiger partial charge is 0.337 e. The van der Waals surface area contributed by atoms with Crippen molar-refractivity contribution in [2.75, 3.05) is 7.05 Å². The predicted octanol–water partition coefficient (Wildman–Crippen LogP) is 2.85. The molecule has 0 saturated heterocycles. The summed E-state index contributed by atoms with van der Waals surface area (Å²) in [5.41, 5.74) is 0.556. The van der Waals surface area contributed by atoms with Gasteiger partial charge in [0.15, 0.2) is 0 Å². The average Bonchev–Trinajstić information content (AvgIpc) is 2.90. The van der Waals surface area contributed by atoms with Crippen LogP contribution in [0.15, 0.2) is 29.3 Å². The highest BCUT2D eigenvalue weighted by atomic mass is 32.1. The number of nitrogens with zero attached hydrogens (tertiary/aromatic N) is 3. The van der Waals surface area contributed by atoms with Crippen LogP contribution in [0.1, 0.15) is 20.8 Å². The lowest BCUT2D eigenvalue weighted by molar-refractivity contribution is 0.0788. The Kier molecular flexibility index (Phi) is 4.38. The van der Waals surface area contributed by atoms with Crippen molar-refractivity contribution in [1.29, 1.82) is 0 Å². The maximum absolute atomic E-state index is 13.8. The number of halogens is 2. The highest BCUT2D eigenvalue weighted by Crippen LogP contribution is 2.28. The maximum Gasteiger partial charge on any atom is 0.264 e. The van der Waals surface area contributed by atoms with Crippen molar-refractivity contribution in [1.82, 2.24) is 14.5 Å². The molecule has 0 spiro atoms. The Labute approximate surface area is 146 Å². The van der Waals surface area contributed by atoms with Gasteiger partial charge in [-0.2, -0.15) is 0 Å². The zero-order valence-electron chi connectivity index (χ0n) is 13.8. The van der Waals surface area contributed by atoms with Crippen LogP contribution in [0.5, 0.6) is 0 Å². The van der Waals surface area contributed by atoms with E-state index in [0.29, 0.717) is 20.7 Å². The molecule has 1 amide bonds. The normalized spacial score (nSPS) is 11.1. The van der Waals surface area contributed by atoms with Gasteiger partial charge in [-0.1, -0.05) is 6.07 Å². The first-order chi connectivity index (χ1) is 11.8. The lowest BCUT2D eigenvalue weighted by atomic mass is 10.1. The summed E-state index contributed by atoms with van der Waals surface area (Å²) in [7, 11) is 3.12. The third-order valence-electron chi connectivity index (χ3n) is 3.97. The van der Waals surface area contributed by atoms with Gasteiger partial charge in [-0.05, 0) is 18.6 Å². The molecule has 0 atom stereocenters. The van der Waals surface area contributed by atoms with E-state index in [9.17, 15) is 18.4 Å². The molecule has 130 valence electrons. The van der Waals surface area contributed by atoms with Crippen LogP contribution in [-0.4, -0.2) is 27.4 Å². The Bertz CT molecular complexity index is 1040. The monoisotopic (exact) mass is 363 g/mol. The summed E-state index contributed by atoms with van der Waals surface area (Å²) < 4.78 is 28.1. The zero-order valence-corrected chi connectivity index (χ0v) is 14.7. The van der Waals surface area contributed by atoms with Crippen LogP contribution in [0.25, 0.3) is 10.2 Å². The van der Waals surface area contributed by atoms with E-state index in [2.05, 4.69) is 4.98 Å². The molecule has 1 aromatic carbocycles. The third kappa shape index (κ3) is 3.05. The van der Waals surface area contributed by atoms with Crippen molar-refractivity contribution >= 4 is 27.5 Å². The zero-order chi connectivity index (χ0) is 18.3. The molecule has 0 saturated carbocycles. The first-order valence-electron chi connectivity index (χ1n) is 7.43. The van der Waals surface area contributed by atoms with E-state index in [0.717, 1.165) is 23.5 Å². The van der Waals surface area contributed by atoms with E-state index < -0.39 is 11.6 Å². The van der Waals surface area contributed by atoms with E-state index >= 15 is 0 Å². The summed E-state index contributed by atoms with van der Waals surface area (Å²) in [5, 5.41) is 0.416. The number of benzene rings is 1. The molecule has 0 aliphatic carbocycles. The first-order valence-corrected chi connectivity index (χ1v) is 8.25. The summed E-state index contributed by atoms with van der Waals surface area (Å²) in [6, 6.07) is 3.24. The van der Waals surface area contributed by atoms with Crippen LogP contribution in [-0.2, 0) is 13.6 Å². The van der Waals surface area contributed by atoms with Gasteiger partial charge in [0.05, 0.1) is 16.6 Å². The van der Waals surface area contributed by atoms with Crippen LogP contribution < -0.4 is 5.56 Å². The molecule has 0 aliphatic rings. The highest BCUT2D eigenvalue weighted by Gasteiger charge is 2.22. The number of carbonyl (C=O) groups is 1. The molecule has 0 fully saturated rings. The number of hydrogen-bond acceptors (Lipinski definition) is 4. The van der Waals surface area contributed by atoms with Crippen LogP contribution >= 0.6 is 11.3 Å². The van der Waals surface area contributed by atoms with Gasteiger partial charge in [-0.3, -0.25) is 9.59 Å². The number of amides is 1. The predicted molar refractivity (Wildman–Crippen MR) is 91.8 cm³/mol. The Morgan fingerprint density at radius 3 is 2.76 bits per heavy atom. The fraction of sp³-hybridized carbons (Fsp3) is 0.235. The lowest BCUT2D eigenvalue weighted by Crippen LogP contribution is -2.26. The van der Waals surface area contributed by atoms with Gasteiger partial charge in [-0.25, -0.2) is 13.8 Å². The molecule has 5 nitrogen and oxygen atoms in total. The number of rotatable bonds is 3. The van der Waals surface area contributed by atoms with E-state index in [1.54, 1.807) is 14.0 Å². The smallest absolute Gasteiger partial charge is 0.264 e. The van der Waals surface area contributed by atoms with Crippen LogP contribution in [0, 0.1) is 18.6 Å². The van der Waals surface area contributed by atoms with E-state index in [1.165, 1.54) is 28.9 Å². The average molecular weight is 363 g/mol. The van der Waals surface area contributed by atoms with Crippen LogP contribution in [0.4, 0.5) is 8.78 Å². The number of hydrogen-bond donors (Lipinski definition) is 0. The molecule has 2 heterocycles. The van der Waals surface area contributed by atoms with Crippen molar-refractivity contribution in [2.45, 2.75) is 13.5 Å². The molecule has 25 heavy (non-hydrogen) atoms. The van der Waals surface area contributed by atoms with Crippen LogP contribution in [0.3, 0.4) is 0 Å². The second kappa shape index (κ2) is 6.36. The standard InChI is InChI=1S/C17H15F2N3O2S/c1-9-13-15(20-8-22(3)16(13)23)25-14(9)17(24)21(2)7-10-4-5-11(18)6-12(10)19/h4-6,8H,7H2,1-3H3. The number of fused-ring (bicyclic) bond motifs is 1. The van der Waals surface area contributed by atoms with Gasteiger partial charge in [0.25, 0.3) is 11.5 Å². The molecule has 2 aromatic heterocycles. The van der Waals surface area contributed by atoms with E-state index in [1.807, 2.05) is 0 Å². The van der Waals surface area contributed by atoms with Gasteiger partial charge in [0, 0.05) is 32.3 Å². The molecular weight excluding hydrogens is 348 g/mol. The summed E-state index contributed by atoms with van der Waals surface area (Å²) in [6.45, 7) is 1.69. The molecule has 0 unspecified atom stereocenters. The van der Waals surface area contributed by atoms with Crippen LogP contribution in [0.2, 0.25) is 0 Å². The molecule has 0 bridgehead atoms. The van der Waals surface area contributed by atoms with Crippen molar-refractivity contribution in [3.05, 3.63) is 62.5 Å². The molecule has 3 aromatic rings. The third-order valence-corrected chi connectivity index (χ3v) is 5.16. The second-order valence-corrected chi connectivity index (χ2v) is 6.79. The summed E-state index contributed by atoms with van der Waals surface area (Å²) in [6.07, 6.45) is 1.41. The quantitative estimate of drug-likeness (QED) is 0.719.